The Bertz CT molecular complexity index is 213. The summed E-state index contributed by atoms with van der Waals surface area (Å²) >= 11 is 1.85. The number of nitrogens with zero attached hydrogens (tertiary/aromatic N) is 1. The van der Waals surface area contributed by atoms with E-state index in [2.05, 4.69) is 11.8 Å². The van der Waals surface area contributed by atoms with Gasteiger partial charge in [-0.05, 0) is 37.4 Å². The summed E-state index contributed by atoms with van der Waals surface area (Å²) < 4.78 is 0. The van der Waals surface area contributed by atoms with Crippen LogP contribution >= 0.6 is 11.8 Å². The van der Waals surface area contributed by atoms with Crippen LogP contribution in [0.5, 0.6) is 0 Å². The van der Waals surface area contributed by atoms with Crippen LogP contribution in [0, 0.1) is 5.92 Å². The Morgan fingerprint density at radius 1 is 1.36 bits per heavy atom. The molecule has 2 aliphatic heterocycles. The maximum atomic E-state index is 12.1. The topological polar surface area (TPSA) is 20.3 Å². The van der Waals surface area contributed by atoms with E-state index in [9.17, 15) is 4.79 Å². The second-order valence-corrected chi connectivity index (χ2v) is 5.84. The Morgan fingerprint density at radius 3 is 2.86 bits per heavy atom. The monoisotopic (exact) mass is 213 g/mol. The van der Waals surface area contributed by atoms with Crippen LogP contribution in [0.4, 0.5) is 0 Å². The van der Waals surface area contributed by atoms with E-state index in [1.807, 2.05) is 11.8 Å². The van der Waals surface area contributed by atoms with Gasteiger partial charge in [0.15, 0.2) is 0 Å². The Balaban J connectivity index is 1.89. The van der Waals surface area contributed by atoms with E-state index in [4.69, 9.17) is 0 Å². The lowest BCUT2D eigenvalue weighted by atomic mass is 10.00. The molecular formula is C11H19NOS. The minimum atomic E-state index is 0.292. The third-order valence-electron chi connectivity index (χ3n) is 3.17. The van der Waals surface area contributed by atoms with Gasteiger partial charge in [0.05, 0.1) is 5.25 Å². The number of likely N-dealkylation sites (tertiary alicyclic amines) is 1. The number of hydrogen-bond donors (Lipinski definition) is 0. The molecule has 2 unspecified atom stereocenters. The fourth-order valence-electron chi connectivity index (χ4n) is 2.37. The lowest BCUT2D eigenvalue weighted by Crippen LogP contribution is -2.42. The van der Waals surface area contributed by atoms with Crippen LogP contribution in [0.2, 0.25) is 0 Å². The Kier molecular flexibility index (Phi) is 3.37. The highest BCUT2D eigenvalue weighted by Gasteiger charge is 2.29. The molecule has 2 saturated heterocycles. The fourth-order valence-corrected chi connectivity index (χ4v) is 3.61. The van der Waals surface area contributed by atoms with Gasteiger partial charge in [-0.15, -0.1) is 11.8 Å². The Morgan fingerprint density at radius 2 is 2.21 bits per heavy atom. The van der Waals surface area contributed by atoms with E-state index < -0.39 is 0 Å². The smallest absolute Gasteiger partial charge is 0.235 e. The third kappa shape index (κ3) is 2.25. The lowest BCUT2D eigenvalue weighted by Gasteiger charge is -2.32. The highest BCUT2D eigenvalue weighted by Crippen LogP contribution is 2.29. The zero-order valence-corrected chi connectivity index (χ0v) is 9.68. The van der Waals surface area contributed by atoms with Crippen molar-refractivity contribution in [1.82, 2.24) is 4.90 Å². The highest BCUT2D eigenvalue weighted by atomic mass is 32.2. The van der Waals surface area contributed by atoms with Crippen LogP contribution in [0.1, 0.15) is 32.6 Å². The summed E-state index contributed by atoms with van der Waals surface area (Å²) in [6, 6.07) is 0. The molecule has 1 amide bonds. The van der Waals surface area contributed by atoms with Gasteiger partial charge >= 0.3 is 0 Å². The van der Waals surface area contributed by atoms with Crippen LogP contribution < -0.4 is 0 Å². The molecule has 2 rings (SSSR count). The molecule has 2 fully saturated rings. The predicted octanol–water partition coefficient (Wildman–Crippen LogP) is 2.14. The number of hydrogen-bond acceptors (Lipinski definition) is 2. The number of carbonyl (C=O) groups is 1. The van der Waals surface area contributed by atoms with E-state index in [0.29, 0.717) is 17.1 Å². The van der Waals surface area contributed by atoms with Gasteiger partial charge in [0, 0.05) is 13.1 Å². The van der Waals surface area contributed by atoms with Crippen LogP contribution in [0.15, 0.2) is 0 Å². The predicted molar refractivity (Wildman–Crippen MR) is 60.5 cm³/mol. The first-order valence-corrected chi connectivity index (χ1v) is 6.72. The van der Waals surface area contributed by atoms with Crippen molar-refractivity contribution in [3.05, 3.63) is 0 Å². The maximum Gasteiger partial charge on any atom is 0.235 e. The highest BCUT2D eigenvalue weighted by molar-refractivity contribution is 8.00. The summed E-state index contributed by atoms with van der Waals surface area (Å²) in [4.78, 5) is 14.1. The summed E-state index contributed by atoms with van der Waals surface area (Å²) in [6.07, 6.45) is 4.82. The van der Waals surface area contributed by atoms with E-state index in [-0.39, 0.29) is 0 Å². The van der Waals surface area contributed by atoms with Gasteiger partial charge in [-0.25, -0.2) is 0 Å². The van der Waals surface area contributed by atoms with Crippen LogP contribution in [0.25, 0.3) is 0 Å². The summed E-state index contributed by atoms with van der Waals surface area (Å²) in [6.45, 7) is 4.25. The van der Waals surface area contributed by atoms with Crippen LogP contribution in [0.3, 0.4) is 0 Å². The first kappa shape index (κ1) is 10.3. The molecule has 2 aliphatic rings. The largest absolute Gasteiger partial charge is 0.341 e. The number of thioether (sulfide) groups is 1. The van der Waals surface area contributed by atoms with E-state index in [1.165, 1.54) is 25.0 Å². The molecule has 0 aromatic heterocycles. The van der Waals surface area contributed by atoms with Gasteiger partial charge in [0.25, 0.3) is 0 Å². The third-order valence-corrected chi connectivity index (χ3v) is 4.54. The molecule has 0 aliphatic carbocycles. The number of carbonyl (C=O) groups excluding carboxylic acids is 1. The van der Waals surface area contributed by atoms with Crippen molar-refractivity contribution in [2.75, 3.05) is 18.8 Å². The van der Waals surface area contributed by atoms with E-state index >= 15 is 0 Å². The van der Waals surface area contributed by atoms with Crippen molar-refractivity contribution in [3.63, 3.8) is 0 Å². The number of piperidine rings is 1. The van der Waals surface area contributed by atoms with E-state index in [1.54, 1.807) is 0 Å². The molecule has 0 spiro atoms. The van der Waals surface area contributed by atoms with Gasteiger partial charge in [-0.2, -0.15) is 0 Å². The van der Waals surface area contributed by atoms with Gasteiger partial charge in [0.1, 0.15) is 0 Å². The fraction of sp³-hybridized carbons (Fsp3) is 0.909. The van der Waals surface area contributed by atoms with Gasteiger partial charge < -0.3 is 4.90 Å². The first-order chi connectivity index (χ1) is 6.77. The molecule has 2 heterocycles. The summed E-state index contributed by atoms with van der Waals surface area (Å²) in [5.41, 5.74) is 0. The molecule has 0 N–H and O–H groups in total. The lowest BCUT2D eigenvalue weighted by molar-refractivity contribution is -0.132. The summed E-state index contributed by atoms with van der Waals surface area (Å²) in [5.74, 6) is 2.30. The average Bonchev–Trinajstić information content (AvgIpc) is 2.69. The Hall–Kier alpha value is -0.180. The van der Waals surface area contributed by atoms with Gasteiger partial charge in [-0.1, -0.05) is 6.92 Å². The molecule has 0 radical (unpaired) electrons. The molecule has 0 aromatic carbocycles. The molecule has 0 bridgehead atoms. The van der Waals surface area contributed by atoms with Gasteiger partial charge in [0.2, 0.25) is 5.91 Å². The average molecular weight is 213 g/mol. The molecule has 0 saturated carbocycles. The van der Waals surface area contributed by atoms with Crippen LogP contribution in [-0.4, -0.2) is 34.9 Å². The Labute approximate surface area is 90.4 Å². The quantitative estimate of drug-likeness (QED) is 0.665. The second kappa shape index (κ2) is 4.56. The minimum Gasteiger partial charge on any atom is -0.341 e. The van der Waals surface area contributed by atoms with E-state index in [0.717, 1.165) is 19.5 Å². The number of rotatable bonds is 1. The van der Waals surface area contributed by atoms with Crippen molar-refractivity contribution in [2.45, 2.75) is 37.9 Å². The molecule has 3 heteroatoms. The van der Waals surface area contributed by atoms with Crippen LogP contribution in [-0.2, 0) is 4.79 Å². The summed E-state index contributed by atoms with van der Waals surface area (Å²) in [5, 5.41) is 0.292. The zero-order chi connectivity index (χ0) is 9.97. The van der Waals surface area contributed by atoms with Crippen molar-refractivity contribution < 1.29 is 4.79 Å². The van der Waals surface area contributed by atoms with Gasteiger partial charge in [-0.3, -0.25) is 4.79 Å². The SMILES string of the molecule is CC1CCCN(C(=O)C2CCCS2)C1. The van der Waals surface area contributed by atoms with Crippen molar-refractivity contribution >= 4 is 17.7 Å². The molecule has 14 heavy (non-hydrogen) atoms. The van der Waals surface area contributed by atoms with Crippen molar-refractivity contribution in [2.24, 2.45) is 5.92 Å². The minimum absolute atomic E-state index is 0.292. The number of amides is 1. The molecular weight excluding hydrogens is 194 g/mol. The summed E-state index contributed by atoms with van der Waals surface area (Å²) in [7, 11) is 0. The standard InChI is InChI=1S/C11H19NOS/c1-9-4-2-6-12(8-9)11(13)10-5-3-7-14-10/h9-10H,2-8H2,1H3. The first-order valence-electron chi connectivity index (χ1n) is 5.68. The zero-order valence-electron chi connectivity index (χ0n) is 8.87. The molecule has 80 valence electrons. The van der Waals surface area contributed by atoms with Crippen molar-refractivity contribution in [3.8, 4) is 0 Å². The molecule has 0 aromatic rings. The maximum absolute atomic E-state index is 12.1. The second-order valence-electron chi connectivity index (χ2n) is 4.53. The molecule has 2 nitrogen and oxygen atoms in total. The van der Waals surface area contributed by atoms with Crippen molar-refractivity contribution in [1.29, 1.82) is 0 Å². The normalized spacial score (nSPS) is 33.4. The molecule has 2 atom stereocenters.